The van der Waals surface area contributed by atoms with E-state index in [9.17, 15) is 9.46 Å². The summed E-state index contributed by atoms with van der Waals surface area (Å²) in [6.07, 6.45) is 42.5. The maximum Gasteiger partial charge on any atom is 0.267 e. The van der Waals surface area contributed by atoms with E-state index in [1.54, 1.807) is 0 Å². The van der Waals surface area contributed by atoms with Gasteiger partial charge in [-0.2, -0.15) is 0 Å². The number of unbranched alkanes of at least 4 members (excludes halogenated alkanes) is 30. The van der Waals surface area contributed by atoms with Crippen molar-refractivity contribution < 1.29 is 28.0 Å². The fourth-order valence-corrected chi connectivity index (χ4v) is 7.52. The third kappa shape index (κ3) is 41.1. The molecular weight excluding hydrogens is 699 g/mol. The molecule has 0 saturated carbocycles. The largest absolute Gasteiger partial charge is 0.756 e. The van der Waals surface area contributed by atoms with Crippen molar-refractivity contribution in [2.24, 2.45) is 0 Å². The average molecular weight is 783 g/mol. The van der Waals surface area contributed by atoms with Gasteiger partial charge in [0.1, 0.15) is 6.10 Å². The number of phosphoric acid groups is 1. The Hall–Kier alpha value is 0.510. The van der Waals surface area contributed by atoms with E-state index in [1.807, 2.05) is 0 Å². The number of phosphoric ester groups is 1. The normalized spacial score (nSPS) is 13.6. The van der Waals surface area contributed by atoms with E-state index in [0.29, 0.717) is 25.2 Å². The number of halogens is 1. The van der Waals surface area contributed by atoms with Crippen LogP contribution in [0.3, 0.4) is 0 Å². The standard InChI is InChI=1S/C41H84BrO6P/c1-3-5-7-9-11-13-15-17-19-21-23-25-27-29-31-33-36-45-39-41(40-48-49(43,44)47-38-35-42)46-37-34-32-30-28-26-24-22-20-18-16-14-12-10-8-6-4-2/h41H,3-40H2,1-2H3,(H,43,44)/p-1/t41-/m1/s1. The third-order valence-electron chi connectivity index (χ3n) is 9.54. The molecule has 0 radical (unpaired) electrons. The fraction of sp³-hybridized carbons (Fsp3) is 1.00. The van der Waals surface area contributed by atoms with Crippen molar-refractivity contribution in [3.05, 3.63) is 0 Å². The molecule has 0 bridgehead atoms. The maximum atomic E-state index is 12.0. The molecule has 0 aromatic rings. The lowest BCUT2D eigenvalue weighted by Gasteiger charge is -2.25. The van der Waals surface area contributed by atoms with Crippen molar-refractivity contribution in [2.75, 3.05) is 38.4 Å². The van der Waals surface area contributed by atoms with Crippen LogP contribution in [0.5, 0.6) is 0 Å². The van der Waals surface area contributed by atoms with Gasteiger partial charge in [0.05, 0.1) is 19.8 Å². The molecule has 6 nitrogen and oxygen atoms in total. The minimum atomic E-state index is -4.33. The lowest BCUT2D eigenvalue weighted by molar-refractivity contribution is -0.227. The Labute approximate surface area is 314 Å². The van der Waals surface area contributed by atoms with Gasteiger partial charge >= 0.3 is 0 Å². The summed E-state index contributed by atoms with van der Waals surface area (Å²) in [5.74, 6) is 0. The lowest BCUT2D eigenvalue weighted by Crippen LogP contribution is -2.27. The molecule has 0 N–H and O–H groups in total. The Morgan fingerprint density at radius 1 is 0.449 bits per heavy atom. The SMILES string of the molecule is CCCCCCCCCCCCCCCCCCOC[C@H](COP(=O)([O-])OCCBr)OCCCCCCCCCCCCCCCCCC. The van der Waals surface area contributed by atoms with Gasteiger partial charge < -0.3 is 23.4 Å². The molecule has 2 atom stereocenters. The van der Waals surface area contributed by atoms with Crippen LogP contribution in [0.4, 0.5) is 0 Å². The fourth-order valence-electron chi connectivity index (χ4n) is 6.37. The second-order valence-corrected chi connectivity index (χ2v) is 16.6. The summed E-state index contributed by atoms with van der Waals surface area (Å²) in [5, 5.41) is 0.435. The molecule has 0 aromatic heterocycles. The van der Waals surface area contributed by atoms with E-state index in [1.165, 1.54) is 186 Å². The summed E-state index contributed by atoms with van der Waals surface area (Å²) >= 11 is 3.18. The molecule has 296 valence electrons. The van der Waals surface area contributed by atoms with Crippen molar-refractivity contribution in [1.82, 2.24) is 0 Å². The summed E-state index contributed by atoms with van der Waals surface area (Å²) in [7, 11) is -4.33. The van der Waals surface area contributed by atoms with Crippen LogP contribution in [0.15, 0.2) is 0 Å². The van der Waals surface area contributed by atoms with Gasteiger partial charge in [0.25, 0.3) is 7.82 Å². The Kier molecular flexibility index (Phi) is 41.7. The zero-order valence-corrected chi connectivity index (χ0v) is 35.2. The molecule has 0 aliphatic carbocycles. The van der Waals surface area contributed by atoms with Crippen molar-refractivity contribution in [3.63, 3.8) is 0 Å². The van der Waals surface area contributed by atoms with Gasteiger partial charge in [0.2, 0.25) is 0 Å². The Morgan fingerprint density at radius 3 is 1.12 bits per heavy atom. The average Bonchev–Trinajstić information content (AvgIpc) is 3.10. The summed E-state index contributed by atoms with van der Waals surface area (Å²) in [6, 6.07) is 0. The second kappa shape index (κ2) is 41.3. The number of hydrogen-bond donors (Lipinski definition) is 0. The Bertz CT molecular complexity index is 670. The minimum absolute atomic E-state index is 0.0568. The molecule has 0 spiro atoms. The lowest BCUT2D eigenvalue weighted by atomic mass is 10.0. The van der Waals surface area contributed by atoms with Crippen LogP contribution in [-0.2, 0) is 23.1 Å². The zero-order chi connectivity index (χ0) is 35.8. The number of hydrogen-bond acceptors (Lipinski definition) is 6. The van der Waals surface area contributed by atoms with E-state index in [-0.39, 0.29) is 13.2 Å². The molecular formula is C41H83BrO6P-. The van der Waals surface area contributed by atoms with Crippen LogP contribution in [0, 0.1) is 0 Å². The maximum absolute atomic E-state index is 12.0. The molecule has 1 unspecified atom stereocenters. The van der Waals surface area contributed by atoms with E-state index >= 15 is 0 Å². The third-order valence-corrected chi connectivity index (χ3v) is 10.8. The summed E-state index contributed by atoms with van der Waals surface area (Å²) in [5.41, 5.74) is 0. The quantitative estimate of drug-likeness (QED) is 0.0348. The van der Waals surface area contributed by atoms with Gasteiger partial charge in [-0.05, 0) is 12.8 Å². The number of rotatable bonds is 43. The molecule has 8 heteroatoms. The van der Waals surface area contributed by atoms with Gasteiger partial charge in [0, 0.05) is 18.5 Å². The van der Waals surface area contributed by atoms with Crippen LogP contribution >= 0.6 is 23.8 Å². The highest BCUT2D eigenvalue weighted by atomic mass is 79.9. The van der Waals surface area contributed by atoms with Crippen LogP contribution in [0.2, 0.25) is 0 Å². The van der Waals surface area contributed by atoms with Crippen LogP contribution in [0.1, 0.15) is 219 Å². The number of alkyl halides is 1. The highest BCUT2D eigenvalue weighted by Gasteiger charge is 2.16. The monoisotopic (exact) mass is 782 g/mol. The van der Waals surface area contributed by atoms with Gasteiger partial charge in [-0.3, -0.25) is 4.57 Å². The first-order chi connectivity index (χ1) is 24.1. The van der Waals surface area contributed by atoms with Crippen LogP contribution in [0.25, 0.3) is 0 Å². The zero-order valence-electron chi connectivity index (χ0n) is 32.7. The summed E-state index contributed by atoms with van der Waals surface area (Å²) in [6.45, 7) is 6.17. The van der Waals surface area contributed by atoms with Gasteiger partial charge in [-0.1, -0.05) is 222 Å². The Balaban J connectivity index is 3.84. The number of ether oxygens (including phenoxy) is 2. The van der Waals surface area contributed by atoms with Gasteiger partial charge in [-0.15, -0.1) is 0 Å². The first-order valence-corrected chi connectivity index (χ1v) is 24.0. The molecule has 0 amide bonds. The molecule has 0 aliphatic rings. The first kappa shape index (κ1) is 49.5. The highest BCUT2D eigenvalue weighted by molar-refractivity contribution is 9.09. The topological polar surface area (TPSA) is 77.1 Å². The van der Waals surface area contributed by atoms with Crippen molar-refractivity contribution >= 4 is 23.8 Å². The summed E-state index contributed by atoms with van der Waals surface area (Å²) < 4.78 is 33.9. The van der Waals surface area contributed by atoms with Crippen molar-refractivity contribution in [3.8, 4) is 0 Å². The highest BCUT2D eigenvalue weighted by Crippen LogP contribution is 2.38. The molecule has 0 fully saturated rings. The molecule has 0 aliphatic heterocycles. The van der Waals surface area contributed by atoms with Gasteiger partial charge in [0.15, 0.2) is 0 Å². The smallest absolute Gasteiger partial charge is 0.267 e. The van der Waals surface area contributed by atoms with Crippen LogP contribution < -0.4 is 4.89 Å². The molecule has 0 saturated heterocycles. The van der Waals surface area contributed by atoms with E-state index < -0.39 is 13.9 Å². The minimum Gasteiger partial charge on any atom is -0.756 e. The second-order valence-electron chi connectivity index (χ2n) is 14.4. The van der Waals surface area contributed by atoms with Gasteiger partial charge in [-0.25, -0.2) is 0 Å². The molecule has 0 rings (SSSR count). The molecule has 0 aromatic carbocycles. The van der Waals surface area contributed by atoms with Crippen molar-refractivity contribution in [1.29, 1.82) is 0 Å². The first-order valence-electron chi connectivity index (χ1n) is 21.4. The Morgan fingerprint density at radius 2 is 0.776 bits per heavy atom. The predicted molar refractivity (Wildman–Crippen MR) is 213 cm³/mol. The van der Waals surface area contributed by atoms with Crippen LogP contribution in [-0.4, -0.2) is 44.5 Å². The van der Waals surface area contributed by atoms with E-state index in [4.69, 9.17) is 18.5 Å². The van der Waals surface area contributed by atoms with E-state index in [2.05, 4.69) is 29.8 Å². The van der Waals surface area contributed by atoms with Crippen molar-refractivity contribution in [2.45, 2.75) is 225 Å². The van der Waals surface area contributed by atoms with E-state index in [0.717, 1.165) is 19.3 Å². The molecule has 49 heavy (non-hydrogen) atoms. The predicted octanol–water partition coefficient (Wildman–Crippen LogP) is 13.8. The summed E-state index contributed by atoms with van der Waals surface area (Å²) in [4.78, 5) is 12.0. The molecule has 0 heterocycles.